The summed E-state index contributed by atoms with van der Waals surface area (Å²) < 4.78 is 10.8. The molecule has 0 saturated heterocycles. The van der Waals surface area contributed by atoms with E-state index in [1.54, 1.807) is 14.2 Å². The van der Waals surface area contributed by atoms with Gasteiger partial charge in [-0.2, -0.15) is 0 Å². The maximum Gasteiger partial charge on any atom is 0.160 e. The molecule has 1 fully saturated rings. The summed E-state index contributed by atoms with van der Waals surface area (Å²) in [6, 6.07) is 6.00. The van der Waals surface area contributed by atoms with Gasteiger partial charge in [-0.15, -0.1) is 0 Å². The van der Waals surface area contributed by atoms with E-state index in [-0.39, 0.29) is 5.92 Å². The Labute approximate surface area is 134 Å². The lowest BCUT2D eigenvalue weighted by Crippen LogP contribution is -2.42. The summed E-state index contributed by atoms with van der Waals surface area (Å²) in [6.07, 6.45) is 5.18. The van der Waals surface area contributed by atoms with E-state index in [1.807, 2.05) is 12.1 Å². The molecular weight excluding hydrogens is 278 g/mol. The van der Waals surface area contributed by atoms with Crippen LogP contribution in [0.2, 0.25) is 0 Å². The maximum absolute atomic E-state index is 11.2. The molecule has 0 aliphatic heterocycles. The molecule has 2 rings (SSSR count). The van der Waals surface area contributed by atoms with E-state index in [0.29, 0.717) is 0 Å². The van der Waals surface area contributed by atoms with Gasteiger partial charge in [0.1, 0.15) is 0 Å². The van der Waals surface area contributed by atoms with Crippen LogP contribution >= 0.6 is 0 Å². The summed E-state index contributed by atoms with van der Waals surface area (Å²) in [7, 11) is 7.40. The van der Waals surface area contributed by atoms with Crippen LogP contribution < -0.4 is 9.47 Å². The summed E-state index contributed by atoms with van der Waals surface area (Å²) in [4.78, 5) is 2.15. The first-order valence-corrected chi connectivity index (χ1v) is 8.09. The number of aliphatic hydroxyl groups is 1. The zero-order valence-electron chi connectivity index (χ0n) is 14.3. The van der Waals surface area contributed by atoms with Crippen molar-refractivity contribution in [1.29, 1.82) is 0 Å². The first kappa shape index (κ1) is 17.1. The molecule has 1 N–H and O–H groups in total. The van der Waals surface area contributed by atoms with Gasteiger partial charge in [-0.05, 0) is 44.6 Å². The Kier molecular flexibility index (Phi) is 5.70. The molecule has 4 heteroatoms. The molecule has 0 spiro atoms. The Morgan fingerprint density at radius 1 is 1.09 bits per heavy atom. The van der Waals surface area contributed by atoms with Crippen molar-refractivity contribution in [1.82, 2.24) is 4.90 Å². The summed E-state index contributed by atoms with van der Waals surface area (Å²) >= 11 is 0. The Hall–Kier alpha value is -1.26. The first-order valence-electron chi connectivity index (χ1n) is 8.09. The van der Waals surface area contributed by atoms with Gasteiger partial charge in [-0.3, -0.25) is 0 Å². The van der Waals surface area contributed by atoms with E-state index in [9.17, 15) is 5.11 Å². The molecule has 0 heterocycles. The molecule has 0 amide bonds. The van der Waals surface area contributed by atoms with Crippen LogP contribution in [-0.4, -0.2) is 50.5 Å². The molecule has 1 unspecified atom stereocenters. The molecular formula is C18H29NO3. The molecule has 1 aliphatic rings. The van der Waals surface area contributed by atoms with Crippen molar-refractivity contribution in [2.24, 2.45) is 0 Å². The average molecular weight is 307 g/mol. The molecule has 124 valence electrons. The standard InChI is InChI=1S/C18H29NO3/c1-19(2)13-15(18(20)10-6-5-7-11-18)14-8-9-16(21-3)17(12-14)22-4/h8-9,12,15,20H,5-7,10-11,13H2,1-4H3. The van der Waals surface area contributed by atoms with Crippen molar-refractivity contribution in [3.8, 4) is 11.5 Å². The van der Waals surface area contributed by atoms with Gasteiger partial charge in [0.05, 0.1) is 19.8 Å². The topological polar surface area (TPSA) is 41.9 Å². The molecule has 0 bridgehead atoms. The largest absolute Gasteiger partial charge is 0.493 e. The van der Waals surface area contributed by atoms with Gasteiger partial charge in [0, 0.05) is 12.5 Å². The number of benzene rings is 1. The first-order chi connectivity index (χ1) is 10.5. The van der Waals surface area contributed by atoms with E-state index in [1.165, 1.54) is 6.42 Å². The number of hydrogen-bond donors (Lipinski definition) is 1. The Bertz CT molecular complexity index is 481. The van der Waals surface area contributed by atoms with Gasteiger partial charge in [-0.1, -0.05) is 25.3 Å². The van der Waals surface area contributed by atoms with Gasteiger partial charge in [0.15, 0.2) is 11.5 Å². The fraction of sp³-hybridized carbons (Fsp3) is 0.667. The molecule has 1 aromatic rings. The minimum atomic E-state index is -0.623. The van der Waals surface area contributed by atoms with E-state index >= 15 is 0 Å². The Morgan fingerprint density at radius 3 is 2.27 bits per heavy atom. The molecule has 0 radical (unpaired) electrons. The van der Waals surface area contributed by atoms with Crippen molar-refractivity contribution in [2.45, 2.75) is 43.6 Å². The summed E-state index contributed by atoms with van der Waals surface area (Å²) in [6.45, 7) is 0.825. The van der Waals surface area contributed by atoms with E-state index in [0.717, 1.165) is 49.3 Å². The highest BCUT2D eigenvalue weighted by molar-refractivity contribution is 5.44. The molecule has 4 nitrogen and oxygen atoms in total. The third-order valence-corrected chi connectivity index (χ3v) is 4.73. The second-order valence-electron chi connectivity index (χ2n) is 6.59. The van der Waals surface area contributed by atoms with Gasteiger partial charge in [-0.25, -0.2) is 0 Å². The van der Waals surface area contributed by atoms with E-state index in [4.69, 9.17) is 9.47 Å². The smallest absolute Gasteiger partial charge is 0.160 e. The van der Waals surface area contributed by atoms with Crippen molar-refractivity contribution in [2.75, 3.05) is 34.9 Å². The minimum absolute atomic E-state index is 0.0857. The Balaban J connectivity index is 2.36. The van der Waals surface area contributed by atoms with Gasteiger partial charge < -0.3 is 19.5 Å². The second-order valence-corrected chi connectivity index (χ2v) is 6.59. The molecule has 1 atom stereocenters. The van der Waals surface area contributed by atoms with Crippen LogP contribution in [0.1, 0.15) is 43.6 Å². The Morgan fingerprint density at radius 2 is 1.73 bits per heavy atom. The van der Waals surface area contributed by atoms with Crippen LogP contribution in [-0.2, 0) is 0 Å². The van der Waals surface area contributed by atoms with E-state index in [2.05, 4.69) is 25.1 Å². The molecule has 1 aliphatic carbocycles. The highest BCUT2D eigenvalue weighted by atomic mass is 16.5. The van der Waals surface area contributed by atoms with Crippen molar-refractivity contribution < 1.29 is 14.6 Å². The summed E-state index contributed by atoms with van der Waals surface area (Å²) in [5, 5.41) is 11.2. The third-order valence-electron chi connectivity index (χ3n) is 4.73. The predicted molar refractivity (Wildman–Crippen MR) is 88.9 cm³/mol. The molecule has 1 saturated carbocycles. The average Bonchev–Trinajstić information content (AvgIpc) is 2.52. The highest BCUT2D eigenvalue weighted by Crippen LogP contribution is 2.42. The van der Waals surface area contributed by atoms with Crippen molar-refractivity contribution >= 4 is 0 Å². The molecule has 22 heavy (non-hydrogen) atoms. The number of ether oxygens (including phenoxy) is 2. The lowest BCUT2D eigenvalue weighted by Gasteiger charge is -2.41. The molecule has 0 aromatic heterocycles. The number of nitrogens with zero attached hydrogens (tertiary/aromatic N) is 1. The highest BCUT2D eigenvalue weighted by Gasteiger charge is 2.39. The molecule has 1 aromatic carbocycles. The van der Waals surface area contributed by atoms with Crippen molar-refractivity contribution in [3.05, 3.63) is 23.8 Å². The monoisotopic (exact) mass is 307 g/mol. The lowest BCUT2D eigenvalue weighted by molar-refractivity contribution is -0.0278. The number of likely N-dealkylation sites (N-methyl/N-ethyl adjacent to an activating group) is 1. The van der Waals surface area contributed by atoms with Gasteiger partial charge in [0.2, 0.25) is 0 Å². The van der Waals surface area contributed by atoms with Crippen LogP contribution in [0.25, 0.3) is 0 Å². The third kappa shape index (κ3) is 3.73. The van der Waals surface area contributed by atoms with Gasteiger partial charge >= 0.3 is 0 Å². The fourth-order valence-electron chi connectivity index (χ4n) is 3.53. The quantitative estimate of drug-likeness (QED) is 0.877. The van der Waals surface area contributed by atoms with Crippen LogP contribution in [0.5, 0.6) is 11.5 Å². The van der Waals surface area contributed by atoms with Crippen LogP contribution in [0, 0.1) is 0 Å². The zero-order chi connectivity index (χ0) is 16.2. The maximum atomic E-state index is 11.2. The SMILES string of the molecule is COc1ccc(C(CN(C)C)C2(O)CCCCC2)cc1OC. The van der Waals surface area contributed by atoms with Crippen LogP contribution in [0.3, 0.4) is 0 Å². The van der Waals surface area contributed by atoms with E-state index < -0.39 is 5.60 Å². The summed E-state index contributed by atoms with van der Waals surface area (Å²) in [5.74, 6) is 1.54. The number of hydrogen-bond acceptors (Lipinski definition) is 4. The van der Waals surface area contributed by atoms with Crippen molar-refractivity contribution in [3.63, 3.8) is 0 Å². The minimum Gasteiger partial charge on any atom is -0.493 e. The second kappa shape index (κ2) is 7.34. The van der Waals surface area contributed by atoms with Crippen LogP contribution in [0.4, 0.5) is 0 Å². The van der Waals surface area contributed by atoms with Crippen LogP contribution in [0.15, 0.2) is 18.2 Å². The fourth-order valence-corrected chi connectivity index (χ4v) is 3.53. The predicted octanol–water partition coefficient (Wildman–Crippen LogP) is 3.04. The normalized spacial score (nSPS) is 19.0. The number of methoxy groups -OCH3 is 2. The number of rotatable bonds is 6. The zero-order valence-corrected chi connectivity index (χ0v) is 14.3. The summed E-state index contributed by atoms with van der Waals surface area (Å²) in [5.41, 5.74) is 0.498. The lowest BCUT2D eigenvalue weighted by atomic mass is 9.72. The van der Waals surface area contributed by atoms with Gasteiger partial charge in [0.25, 0.3) is 0 Å².